The Labute approximate surface area is 128 Å². The van der Waals surface area contributed by atoms with Crippen LogP contribution in [0.15, 0.2) is 24.7 Å². The van der Waals surface area contributed by atoms with Crippen molar-refractivity contribution in [2.24, 2.45) is 7.05 Å². The minimum Gasteiger partial charge on any atom is -0.384 e. The normalized spacial score (nSPS) is 18.9. The molecule has 0 saturated carbocycles. The van der Waals surface area contributed by atoms with Crippen molar-refractivity contribution in [2.45, 2.75) is 18.8 Å². The maximum atomic E-state index is 6.18. The lowest BCUT2D eigenvalue weighted by molar-refractivity contribution is 0.455. The van der Waals surface area contributed by atoms with Crippen molar-refractivity contribution in [1.29, 1.82) is 0 Å². The molecule has 0 aliphatic carbocycles. The number of fused-ring (bicyclic) bond motifs is 1. The quantitative estimate of drug-likeness (QED) is 0.742. The van der Waals surface area contributed by atoms with E-state index in [1.807, 2.05) is 25.5 Å². The number of nitrogens with one attached hydrogen (secondary N) is 1. The summed E-state index contributed by atoms with van der Waals surface area (Å²) in [7, 11) is 1.90. The van der Waals surface area contributed by atoms with Gasteiger partial charge in [0.25, 0.3) is 0 Å². The van der Waals surface area contributed by atoms with Gasteiger partial charge in [0.1, 0.15) is 5.82 Å². The molecular formula is C15H19N7. The molecule has 114 valence electrons. The molecule has 3 aromatic rings. The molecule has 4 rings (SSSR count). The van der Waals surface area contributed by atoms with Gasteiger partial charge in [-0.3, -0.25) is 4.68 Å². The highest BCUT2D eigenvalue weighted by atomic mass is 15.3. The summed E-state index contributed by atoms with van der Waals surface area (Å²) >= 11 is 0. The molecule has 0 spiro atoms. The molecule has 1 aliphatic rings. The zero-order valence-electron chi connectivity index (χ0n) is 12.5. The third kappa shape index (κ3) is 2.14. The molecule has 0 amide bonds. The molecule has 3 aromatic heterocycles. The Bertz CT molecular complexity index is 811. The molecule has 7 heteroatoms. The molecule has 1 fully saturated rings. The average Bonchev–Trinajstić information content (AvgIpc) is 3.14. The van der Waals surface area contributed by atoms with Crippen LogP contribution in [0.1, 0.15) is 24.5 Å². The molecular weight excluding hydrogens is 278 g/mol. The summed E-state index contributed by atoms with van der Waals surface area (Å²) in [5.41, 5.74) is 9.99. The van der Waals surface area contributed by atoms with Crippen molar-refractivity contribution in [3.8, 4) is 11.1 Å². The first kappa shape index (κ1) is 13.3. The lowest BCUT2D eigenvalue weighted by Gasteiger charge is -2.22. The Morgan fingerprint density at radius 1 is 1.32 bits per heavy atom. The number of nitrogen functional groups attached to an aromatic ring is 1. The van der Waals surface area contributed by atoms with Crippen molar-refractivity contribution in [3.05, 3.63) is 30.4 Å². The molecule has 1 saturated heterocycles. The summed E-state index contributed by atoms with van der Waals surface area (Å²) in [4.78, 5) is 4.85. The zero-order chi connectivity index (χ0) is 15.1. The van der Waals surface area contributed by atoms with Crippen LogP contribution in [-0.2, 0) is 7.05 Å². The number of hydrogen-bond acceptors (Lipinski definition) is 5. The lowest BCUT2D eigenvalue weighted by atomic mass is 9.96. The smallest absolute Gasteiger partial charge is 0.165 e. The fraction of sp³-hybridized carbons (Fsp3) is 0.400. The van der Waals surface area contributed by atoms with Crippen LogP contribution in [0, 0.1) is 0 Å². The van der Waals surface area contributed by atoms with Crippen molar-refractivity contribution >= 4 is 11.5 Å². The van der Waals surface area contributed by atoms with Crippen LogP contribution in [0.5, 0.6) is 0 Å². The van der Waals surface area contributed by atoms with Gasteiger partial charge in [-0.2, -0.15) is 14.7 Å². The topological polar surface area (TPSA) is 86.1 Å². The fourth-order valence-electron chi connectivity index (χ4n) is 3.08. The molecule has 0 aromatic carbocycles. The summed E-state index contributed by atoms with van der Waals surface area (Å²) in [6.45, 7) is 2.04. The highest BCUT2D eigenvalue weighted by Gasteiger charge is 2.20. The van der Waals surface area contributed by atoms with Gasteiger partial charge in [-0.15, -0.1) is 0 Å². The van der Waals surface area contributed by atoms with Crippen molar-refractivity contribution in [3.63, 3.8) is 0 Å². The molecule has 7 nitrogen and oxygen atoms in total. The first-order valence-electron chi connectivity index (χ1n) is 7.56. The van der Waals surface area contributed by atoms with E-state index < -0.39 is 0 Å². The standard InChI is InChI=1S/C15H19N7/c1-21-9-11(7-18-21)12-8-19-22-14(16)5-13(20-15(12)22)10-3-2-4-17-6-10/h5,7-10,17H,2-4,6,16H2,1H3. The van der Waals surface area contributed by atoms with Gasteiger partial charge in [0, 0.05) is 42.9 Å². The minimum atomic E-state index is 0.415. The van der Waals surface area contributed by atoms with Crippen LogP contribution in [0.4, 0.5) is 5.82 Å². The number of aryl methyl sites for hydroxylation is 1. The summed E-state index contributed by atoms with van der Waals surface area (Å²) in [5.74, 6) is 1.04. The number of rotatable bonds is 2. The van der Waals surface area contributed by atoms with Crippen molar-refractivity contribution < 1.29 is 0 Å². The van der Waals surface area contributed by atoms with Crippen LogP contribution in [0.25, 0.3) is 16.8 Å². The molecule has 0 radical (unpaired) electrons. The predicted octanol–water partition coefficient (Wildman–Crippen LogP) is 1.18. The fourth-order valence-corrected chi connectivity index (χ4v) is 3.08. The van der Waals surface area contributed by atoms with Gasteiger partial charge in [-0.05, 0) is 19.4 Å². The molecule has 1 aliphatic heterocycles. The number of aromatic nitrogens is 5. The van der Waals surface area contributed by atoms with Gasteiger partial charge in [0.05, 0.1) is 18.1 Å². The summed E-state index contributed by atoms with van der Waals surface area (Å²) < 4.78 is 3.47. The van der Waals surface area contributed by atoms with Gasteiger partial charge < -0.3 is 11.1 Å². The van der Waals surface area contributed by atoms with E-state index in [1.54, 1.807) is 15.4 Å². The molecule has 0 bridgehead atoms. The lowest BCUT2D eigenvalue weighted by Crippen LogP contribution is -2.29. The minimum absolute atomic E-state index is 0.415. The van der Waals surface area contributed by atoms with E-state index in [2.05, 4.69) is 15.5 Å². The second kappa shape index (κ2) is 5.10. The van der Waals surface area contributed by atoms with E-state index >= 15 is 0 Å². The summed E-state index contributed by atoms with van der Waals surface area (Å²) in [5, 5.41) is 12.0. The van der Waals surface area contributed by atoms with Gasteiger partial charge in [-0.25, -0.2) is 4.98 Å². The Hall–Kier alpha value is -2.41. The zero-order valence-corrected chi connectivity index (χ0v) is 12.5. The molecule has 1 atom stereocenters. The Balaban J connectivity index is 1.84. The SMILES string of the molecule is Cn1cc(-c2cnn3c(N)cc(C4CCCNC4)nc23)cn1. The number of nitrogens with two attached hydrogens (primary N) is 1. The van der Waals surface area contributed by atoms with E-state index in [9.17, 15) is 0 Å². The number of hydrogen-bond donors (Lipinski definition) is 2. The number of anilines is 1. The van der Waals surface area contributed by atoms with E-state index in [4.69, 9.17) is 10.7 Å². The van der Waals surface area contributed by atoms with Gasteiger partial charge in [0.15, 0.2) is 5.65 Å². The van der Waals surface area contributed by atoms with Crippen molar-refractivity contribution in [2.75, 3.05) is 18.8 Å². The largest absolute Gasteiger partial charge is 0.384 e. The Morgan fingerprint density at radius 2 is 2.23 bits per heavy atom. The molecule has 3 N–H and O–H groups in total. The first-order valence-corrected chi connectivity index (χ1v) is 7.56. The van der Waals surface area contributed by atoms with Crippen molar-refractivity contribution in [1.82, 2.24) is 29.7 Å². The van der Waals surface area contributed by atoms with E-state index in [-0.39, 0.29) is 0 Å². The highest BCUT2D eigenvalue weighted by molar-refractivity contribution is 5.77. The van der Waals surface area contributed by atoms with E-state index in [1.165, 1.54) is 6.42 Å². The summed E-state index contributed by atoms with van der Waals surface area (Å²) in [6.07, 6.45) is 7.91. The van der Waals surface area contributed by atoms with Crippen LogP contribution in [0.2, 0.25) is 0 Å². The maximum absolute atomic E-state index is 6.18. The van der Waals surface area contributed by atoms with E-state index in [0.29, 0.717) is 11.7 Å². The highest BCUT2D eigenvalue weighted by Crippen LogP contribution is 2.28. The van der Waals surface area contributed by atoms with E-state index in [0.717, 1.165) is 42.0 Å². The third-order valence-corrected chi connectivity index (χ3v) is 4.25. The number of piperidine rings is 1. The predicted molar refractivity (Wildman–Crippen MR) is 84.4 cm³/mol. The average molecular weight is 297 g/mol. The Morgan fingerprint density at radius 3 is 2.95 bits per heavy atom. The van der Waals surface area contributed by atoms with Crippen LogP contribution in [0.3, 0.4) is 0 Å². The van der Waals surface area contributed by atoms with Gasteiger partial charge in [-0.1, -0.05) is 0 Å². The molecule has 22 heavy (non-hydrogen) atoms. The molecule has 4 heterocycles. The maximum Gasteiger partial charge on any atom is 0.165 e. The van der Waals surface area contributed by atoms with Crippen LogP contribution >= 0.6 is 0 Å². The van der Waals surface area contributed by atoms with Crippen LogP contribution in [-0.4, -0.2) is 37.5 Å². The summed E-state index contributed by atoms with van der Waals surface area (Å²) in [6, 6.07) is 1.95. The second-order valence-electron chi connectivity index (χ2n) is 5.85. The van der Waals surface area contributed by atoms with Gasteiger partial charge >= 0.3 is 0 Å². The monoisotopic (exact) mass is 297 g/mol. The van der Waals surface area contributed by atoms with Crippen LogP contribution < -0.4 is 11.1 Å². The van der Waals surface area contributed by atoms with Gasteiger partial charge in [0.2, 0.25) is 0 Å². The second-order valence-corrected chi connectivity index (χ2v) is 5.85. The first-order chi connectivity index (χ1) is 10.7. The molecule has 1 unspecified atom stereocenters. The number of nitrogens with zero attached hydrogens (tertiary/aromatic N) is 5. The Kier molecular flexibility index (Phi) is 3.07. The third-order valence-electron chi connectivity index (χ3n) is 4.25.